The van der Waals surface area contributed by atoms with E-state index in [1.165, 1.54) is 0 Å². The molecule has 0 aliphatic carbocycles. The van der Waals surface area contributed by atoms with Gasteiger partial charge in [-0.05, 0) is 17.7 Å². The number of ether oxygens (including phenoxy) is 1. The fraction of sp³-hybridized carbons (Fsp3) is 0.500. The average Bonchev–Trinajstić information content (AvgIpc) is 2.31. The second-order valence-corrected chi connectivity index (χ2v) is 4.56. The van der Waals surface area contributed by atoms with E-state index in [0.29, 0.717) is 23.2 Å². The van der Waals surface area contributed by atoms with Gasteiger partial charge in [0.05, 0.1) is 23.3 Å². The van der Waals surface area contributed by atoms with Crippen LogP contribution in [0.3, 0.4) is 0 Å². The molecule has 96 valence electrons. The van der Waals surface area contributed by atoms with E-state index in [1.807, 2.05) is 12.1 Å². The van der Waals surface area contributed by atoms with Gasteiger partial charge in [-0.2, -0.15) is 0 Å². The Morgan fingerprint density at radius 1 is 1.24 bits per heavy atom. The Hall–Kier alpha value is -0.320. The molecule has 3 nitrogen and oxygen atoms in total. The molecule has 0 saturated heterocycles. The molecule has 0 radical (unpaired) electrons. The van der Waals surface area contributed by atoms with Gasteiger partial charge in [-0.25, -0.2) is 0 Å². The number of halogens is 2. The largest absolute Gasteiger partial charge is 0.395 e. The molecule has 0 aromatic heterocycles. The molecule has 1 rings (SSSR count). The van der Waals surface area contributed by atoms with Crippen LogP contribution in [0.1, 0.15) is 5.56 Å². The van der Waals surface area contributed by atoms with Gasteiger partial charge in [-0.1, -0.05) is 29.3 Å². The van der Waals surface area contributed by atoms with E-state index < -0.39 is 0 Å². The lowest BCUT2D eigenvalue weighted by molar-refractivity contribution is 0.127. The van der Waals surface area contributed by atoms with Gasteiger partial charge >= 0.3 is 0 Å². The third-order valence-electron chi connectivity index (χ3n) is 2.42. The first-order valence-corrected chi connectivity index (χ1v) is 6.19. The molecule has 1 aromatic rings. The summed E-state index contributed by atoms with van der Waals surface area (Å²) in [5, 5.41) is 10.1. The highest BCUT2D eigenvalue weighted by Gasteiger charge is 2.06. The molecule has 17 heavy (non-hydrogen) atoms. The van der Waals surface area contributed by atoms with E-state index in [2.05, 4.69) is 4.90 Å². The smallest absolute Gasteiger partial charge is 0.0595 e. The second-order valence-electron chi connectivity index (χ2n) is 3.74. The van der Waals surface area contributed by atoms with Gasteiger partial charge in [0.25, 0.3) is 0 Å². The Balaban J connectivity index is 2.61. The van der Waals surface area contributed by atoms with Crippen molar-refractivity contribution < 1.29 is 9.84 Å². The molecule has 0 unspecified atom stereocenters. The van der Waals surface area contributed by atoms with E-state index in [-0.39, 0.29) is 6.61 Å². The van der Waals surface area contributed by atoms with E-state index in [9.17, 15) is 0 Å². The van der Waals surface area contributed by atoms with Crippen LogP contribution >= 0.6 is 23.2 Å². The Morgan fingerprint density at radius 2 is 2.00 bits per heavy atom. The van der Waals surface area contributed by atoms with Gasteiger partial charge in [0.2, 0.25) is 0 Å². The zero-order valence-electron chi connectivity index (χ0n) is 9.83. The highest BCUT2D eigenvalue weighted by atomic mass is 35.5. The molecule has 0 fully saturated rings. The number of aliphatic hydroxyl groups excluding tert-OH is 1. The van der Waals surface area contributed by atoms with Crippen molar-refractivity contribution in [2.45, 2.75) is 6.54 Å². The number of aliphatic hydroxyl groups is 1. The molecule has 0 aliphatic rings. The van der Waals surface area contributed by atoms with Gasteiger partial charge in [-0.3, -0.25) is 4.90 Å². The van der Waals surface area contributed by atoms with Crippen LogP contribution in [-0.2, 0) is 11.3 Å². The first kappa shape index (κ1) is 14.7. The molecule has 0 heterocycles. The Bertz CT molecular complexity index is 347. The Labute approximate surface area is 112 Å². The molecular weight excluding hydrogens is 261 g/mol. The summed E-state index contributed by atoms with van der Waals surface area (Å²) >= 11 is 11.8. The van der Waals surface area contributed by atoms with Crippen LogP contribution in [0.5, 0.6) is 0 Å². The molecule has 0 saturated carbocycles. The SMILES string of the molecule is COCCN(CCO)Cc1ccc(Cl)c(Cl)c1. The number of hydrogen-bond donors (Lipinski definition) is 1. The minimum Gasteiger partial charge on any atom is -0.395 e. The number of rotatable bonds is 7. The fourth-order valence-corrected chi connectivity index (χ4v) is 1.85. The van der Waals surface area contributed by atoms with Crippen LogP contribution in [-0.4, -0.2) is 43.4 Å². The maximum absolute atomic E-state index is 8.98. The summed E-state index contributed by atoms with van der Waals surface area (Å²) in [6.07, 6.45) is 0. The lowest BCUT2D eigenvalue weighted by atomic mass is 10.2. The van der Waals surface area contributed by atoms with Crippen LogP contribution in [0.4, 0.5) is 0 Å². The van der Waals surface area contributed by atoms with Crippen molar-refractivity contribution in [3.05, 3.63) is 33.8 Å². The third-order valence-corrected chi connectivity index (χ3v) is 3.16. The predicted molar refractivity (Wildman–Crippen MR) is 70.7 cm³/mol. The summed E-state index contributed by atoms with van der Waals surface area (Å²) < 4.78 is 5.03. The minimum atomic E-state index is 0.130. The van der Waals surface area contributed by atoms with Gasteiger partial charge in [-0.15, -0.1) is 0 Å². The summed E-state index contributed by atoms with van der Waals surface area (Å²) in [5.41, 5.74) is 1.07. The van der Waals surface area contributed by atoms with Gasteiger partial charge in [0.1, 0.15) is 0 Å². The van der Waals surface area contributed by atoms with Crippen molar-refractivity contribution in [1.29, 1.82) is 0 Å². The lowest BCUT2D eigenvalue weighted by Gasteiger charge is -2.21. The molecule has 5 heteroatoms. The standard InChI is InChI=1S/C12H17Cl2NO2/c1-17-7-5-15(4-6-16)9-10-2-3-11(13)12(14)8-10/h2-3,8,16H,4-7,9H2,1H3. The van der Waals surface area contributed by atoms with Gasteiger partial charge in [0, 0.05) is 26.7 Å². The molecule has 0 spiro atoms. The number of hydrogen-bond acceptors (Lipinski definition) is 3. The molecule has 0 amide bonds. The molecule has 0 aliphatic heterocycles. The number of nitrogens with zero attached hydrogens (tertiary/aromatic N) is 1. The molecule has 1 aromatic carbocycles. The lowest BCUT2D eigenvalue weighted by Crippen LogP contribution is -2.29. The Morgan fingerprint density at radius 3 is 2.59 bits per heavy atom. The second kappa shape index (κ2) is 7.90. The average molecular weight is 278 g/mol. The maximum Gasteiger partial charge on any atom is 0.0595 e. The van der Waals surface area contributed by atoms with Crippen molar-refractivity contribution in [1.82, 2.24) is 4.90 Å². The molecular formula is C12H17Cl2NO2. The summed E-state index contributed by atoms with van der Waals surface area (Å²) in [6.45, 7) is 2.88. The maximum atomic E-state index is 8.98. The van der Waals surface area contributed by atoms with Crippen molar-refractivity contribution in [2.75, 3.05) is 33.4 Å². The summed E-state index contributed by atoms with van der Waals surface area (Å²) in [7, 11) is 1.66. The van der Waals surface area contributed by atoms with Crippen molar-refractivity contribution >= 4 is 23.2 Å². The van der Waals surface area contributed by atoms with Crippen LogP contribution < -0.4 is 0 Å². The van der Waals surface area contributed by atoms with Gasteiger partial charge in [0.15, 0.2) is 0 Å². The first-order chi connectivity index (χ1) is 8.17. The summed E-state index contributed by atoms with van der Waals surface area (Å²) in [5.74, 6) is 0. The van der Waals surface area contributed by atoms with Crippen LogP contribution in [0.25, 0.3) is 0 Å². The van der Waals surface area contributed by atoms with E-state index >= 15 is 0 Å². The van der Waals surface area contributed by atoms with E-state index in [4.69, 9.17) is 33.0 Å². The normalized spacial score (nSPS) is 11.1. The minimum absolute atomic E-state index is 0.130. The molecule has 0 bridgehead atoms. The predicted octanol–water partition coefficient (Wildman–Crippen LogP) is 2.43. The third kappa shape index (κ3) is 5.23. The van der Waals surface area contributed by atoms with Crippen LogP contribution in [0.15, 0.2) is 18.2 Å². The topological polar surface area (TPSA) is 32.7 Å². The number of methoxy groups -OCH3 is 1. The summed E-state index contributed by atoms with van der Waals surface area (Å²) in [4.78, 5) is 2.10. The summed E-state index contributed by atoms with van der Waals surface area (Å²) in [6, 6.07) is 5.57. The van der Waals surface area contributed by atoms with E-state index in [1.54, 1.807) is 13.2 Å². The molecule has 1 N–H and O–H groups in total. The van der Waals surface area contributed by atoms with E-state index in [0.717, 1.165) is 18.7 Å². The van der Waals surface area contributed by atoms with Crippen molar-refractivity contribution in [3.8, 4) is 0 Å². The zero-order valence-corrected chi connectivity index (χ0v) is 11.3. The first-order valence-electron chi connectivity index (χ1n) is 5.43. The van der Waals surface area contributed by atoms with Crippen molar-refractivity contribution in [2.24, 2.45) is 0 Å². The van der Waals surface area contributed by atoms with Crippen LogP contribution in [0.2, 0.25) is 10.0 Å². The molecule has 0 atom stereocenters. The van der Waals surface area contributed by atoms with Crippen molar-refractivity contribution in [3.63, 3.8) is 0 Å². The quantitative estimate of drug-likeness (QED) is 0.831. The fourth-order valence-electron chi connectivity index (χ4n) is 1.53. The monoisotopic (exact) mass is 277 g/mol. The van der Waals surface area contributed by atoms with Gasteiger partial charge < -0.3 is 9.84 Å². The number of benzene rings is 1. The zero-order chi connectivity index (χ0) is 12.7. The Kier molecular flexibility index (Phi) is 6.85. The van der Waals surface area contributed by atoms with Crippen LogP contribution in [0, 0.1) is 0 Å². The highest BCUT2D eigenvalue weighted by Crippen LogP contribution is 2.23. The highest BCUT2D eigenvalue weighted by molar-refractivity contribution is 6.42.